The lowest BCUT2D eigenvalue weighted by atomic mass is 10.2. The number of hydrogen-bond acceptors (Lipinski definition) is 7. The maximum absolute atomic E-state index is 12.3. The van der Waals surface area contributed by atoms with Gasteiger partial charge in [-0.25, -0.2) is 4.98 Å². The number of nitrogens with zero attached hydrogens (tertiary/aromatic N) is 4. The number of benzene rings is 2. The number of aromatic hydroxyl groups is 1. The number of anilines is 1. The molecule has 146 valence electrons. The highest BCUT2D eigenvalue weighted by Gasteiger charge is 2.14. The second-order valence-electron chi connectivity index (χ2n) is 6.15. The molecule has 0 aliphatic heterocycles. The first kappa shape index (κ1) is 19.2. The van der Waals surface area contributed by atoms with Gasteiger partial charge in [0.05, 0.1) is 11.4 Å². The molecule has 0 saturated carbocycles. The van der Waals surface area contributed by atoms with E-state index in [1.54, 1.807) is 24.3 Å². The van der Waals surface area contributed by atoms with E-state index in [0.29, 0.717) is 16.1 Å². The lowest BCUT2D eigenvalue weighted by Crippen LogP contribution is -2.14. The van der Waals surface area contributed by atoms with Gasteiger partial charge in [-0.15, -0.1) is 21.5 Å². The number of carbonyl (C=O) groups is 1. The largest absolute Gasteiger partial charge is 0.508 e. The number of thiazole rings is 1. The Morgan fingerprint density at radius 2 is 1.86 bits per heavy atom. The Balaban J connectivity index is 1.37. The molecule has 0 unspecified atom stereocenters. The molecule has 0 saturated heterocycles. The van der Waals surface area contributed by atoms with Gasteiger partial charge in [0.2, 0.25) is 5.91 Å². The summed E-state index contributed by atoms with van der Waals surface area (Å²) in [4.78, 5) is 16.8. The molecule has 4 aromatic rings. The standard InChI is InChI=1S/C20H17N5O2S2/c1-25-18(14-7-9-15(26)10-8-14)23-24-20(25)29-12-17(27)22-19-21-16(11-28-19)13-5-3-2-4-6-13/h2-11,26H,12H2,1H3,(H,21,22,27). The Hall–Kier alpha value is -3.17. The molecule has 0 bridgehead atoms. The van der Waals surface area contributed by atoms with E-state index in [9.17, 15) is 9.90 Å². The molecule has 0 aliphatic carbocycles. The molecular weight excluding hydrogens is 406 g/mol. The molecule has 0 aliphatic rings. The van der Waals surface area contributed by atoms with E-state index in [1.165, 1.54) is 23.1 Å². The zero-order chi connectivity index (χ0) is 20.2. The van der Waals surface area contributed by atoms with Gasteiger partial charge in [-0.2, -0.15) is 0 Å². The molecule has 2 aromatic heterocycles. The van der Waals surface area contributed by atoms with Gasteiger partial charge in [-0.3, -0.25) is 4.79 Å². The average Bonchev–Trinajstić information content (AvgIpc) is 3.35. The van der Waals surface area contributed by atoms with Crippen molar-refractivity contribution >= 4 is 34.1 Å². The van der Waals surface area contributed by atoms with Gasteiger partial charge >= 0.3 is 0 Å². The normalized spacial score (nSPS) is 10.8. The fraction of sp³-hybridized carbons (Fsp3) is 0.100. The number of phenolic OH excluding ortho intramolecular Hbond substituents is 1. The maximum Gasteiger partial charge on any atom is 0.236 e. The summed E-state index contributed by atoms with van der Waals surface area (Å²) in [6.45, 7) is 0. The van der Waals surface area contributed by atoms with Crippen LogP contribution in [0.15, 0.2) is 65.1 Å². The third-order valence-electron chi connectivity index (χ3n) is 4.11. The van der Waals surface area contributed by atoms with Gasteiger partial charge in [-0.05, 0) is 24.3 Å². The molecular formula is C20H17N5O2S2. The Bertz CT molecular complexity index is 1120. The van der Waals surface area contributed by atoms with Crippen molar-refractivity contribution in [2.75, 3.05) is 11.1 Å². The smallest absolute Gasteiger partial charge is 0.236 e. The summed E-state index contributed by atoms with van der Waals surface area (Å²) in [7, 11) is 1.84. The zero-order valence-corrected chi connectivity index (χ0v) is 17.1. The van der Waals surface area contributed by atoms with Gasteiger partial charge in [-0.1, -0.05) is 42.1 Å². The molecule has 2 N–H and O–H groups in total. The molecule has 29 heavy (non-hydrogen) atoms. The highest BCUT2D eigenvalue weighted by atomic mass is 32.2. The van der Waals surface area contributed by atoms with Crippen LogP contribution in [0.4, 0.5) is 5.13 Å². The van der Waals surface area contributed by atoms with Crippen LogP contribution in [0.2, 0.25) is 0 Å². The van der Waals surface area contributed by atoms with E-state index in [1.807, 2.05) is 47.3 Å². The van der Waals surface area contributed by atoms with Crippen LogP contribution in [0, 0.1) is 0 Å². The highest BCUT2D eigenvalue weighted by molar-refractivity contribution is 7.99. The first-order chi connectivity index (χ1) is 14.1. The number of carbonyl (C=O) groups excluding carboxylic acids is 1. The Labute approximate surface area is 175 Å². The average molecular weight is 424 g/mol. The van der Waals surface area contributed by atoms with Crippen molar-refractivity contribution in [3.63, 3.8) is 0 Å². The Morgan fingerprint density at radius 1 is 1.10 bits per heavy atom. The number of nitrogens with one attached hydrogen (secondary N) is 1. The van der Waals surface area contributed by atoms with Crippen LogP contribution in [0.5, 0.6) is 5.75 Å². The van der Waals surface area contributed by atoms with Crippen molar-refractivity contribution in [2.24, 2.45) is 7.05 Å². The van der Waals surface area contributed by atoms with E-state index in [4.69, 9.17) is 0 Å². The molecule has 4 rings (SSSR count). The predicted molar refractivity (Wildman–Crippen MR) is 115 cm³/mol. The van der Waals surface area contributed by atoms with Gasteiger partial charge < -0.3 is 15.0 Å². The Kier molecular flexibility index (Phi) is 5.59. The van der Waals surface area contributed by atoms with Crippen molar-refractivity contribution in [3.8, 4) is 28.4 Å². The summed E-state index contributed by atoms with van der Waals surface area (Å²) in [6, 6.07) is 16.6. The molecule has 0 radical (unpaired) electrons. The number of amides is 1. The summed E-state index contributed by atoms with van der Waals surface area (Å²) < 4.78 is 1.82. The van der Waals surface area contributed by atoms with Gasteiger partial charge in [0.15, 0.2) is 16.1 Å². The summed E-state index contributed by atoms with van der Waals surface area (Å²) >= 11 is 2.70. The fourth-order valence-electron chi connectivity index (χ4n) is 2.66. The lowest BCUT2D eigenvalue weighted by Gasteiger charge is -2.04. The topological polar surface area (TPSA) is 92.9 Å². The first-order valence-corrected chi connectivity index (χ1v) is 10.6. The van der Waals surface area contributed by atoms with Gasteiger partial charge in [0.1, 0.15) is 5.75 Å². The van der Waals surface area contributed by atoms with E-state index >= 15 is 0 Å². The molecule has 2 heterocycles. The number of hydrogen-bond donors (Lipinski definition) is 2. The van der Waals surface area contributed by atoms with E-state index in [2.05, 4.69) is 20.5 Å². The van der Waals surface area contributed by atoms with Crippen molar-refractivity contribution in [3.05, 3.63) is 60.0 Å². The second-order valence-corrected chi connectivity index (χ2v) is 7.95. The minimum Gasteiger partial charge on any atom is -0.508 e. The molecule has 1 amide bonds. The predicted octanol–water partition coefficient (Wildman–Crippen LogP) is 4.04. The first-order valence-electron chi connectivity index (χ1n) is 8.72. The summed E-state index contributed by atoms with van der Waals surface area (Å²) in [6.07, 6.45) is 0. The molecule has 7 nitrogen and oxygen atoms in total. The summed E-state index contributed by atoms with van der Waals surface area (Å²) in [5.41, 5.74) is 2.69. The quantitative estimate of drug-likeness (QED) is 0.455. The highest BCUT2D eigenvalue weighted by Crippen LogP contribution is 2.26. The van der Waals surface area contributed by atoms with Crippen molar-refractivity contribution < 1.29 is 9.90 Å². The number of aromatic nitrogens is 4. The van der Waals surface area contributed by atoms with Crippen LogP contribution in [-0.2, 0) is 11.8 Å². The molecule has 0 atom stereocenters. The van der Waals surface area contributed by atoms with Gasteiger partial charge in [0.25, 0.3) is 0 Å². The van der Waals surface area contributed by atoms with Crippen molar-refractivity contribution in [2.45, 2.75) is 5.16 Å². The van der Waals surface area contributed by atoms with Crippen LogP contribution in [0.1, 0.15) is 0 Å². The second kappa shape index (κ2) is 8.46. The number of thioether (sulfide) groups is 1. The third kappa shape index (κ3) is 4.47. The summed E-state index contributed by atoms with van der Waals surface area (Å²) in [5, 5.41) is 23.7. The third-order valence-corrected chi connectivity index (χ3v) is 5.89. The minimum atomic E-state index is -0.154. The molecule has 0 spiro atoms. The monoisotopic (exact) mass is 423 g/mol. The van der Waals surface area contributed by atoms with Crippen LogP contribution in [-0.4, -0.2) is 36.5 Å². The fourth-order valence-corrected chi connectivity index (χ4v) is 4.11. The van der Waals surface area contributed by atoms with Crippen LogP contribution in [0.25, 0.3) is 22.6 Å². The Morgan fingerprint density at radius 3 is 2.62 bits per heavy atom. The van der Waals surface area contributed by atoms with Gasteiger partial charge in [0, 0.05) is 23.6 Å². The summed E-state index contributed by atoms with van der Waals surface area (Å²) in [5.74, 6) is 0.903. The van der Waals surface area contributed by atoms with E-state index < -0.39 is 0 Å². The lowest BCUT2D eigenvalue weighted by molar-refractivity contribution is -0.113. The number of rotatable bonds is 6. The molecule has 9 heteroatoms. The van der Waals surface area contributed by atoms with Crippen LogP contribution in [0.3, 0.4) is 0 Å². The van der Waals surface area contributed by atoms with Crippen molar-refractivity contribution in [1.29, 1.82) is 0 Å². The SMILES string of the molecule is Cn1c(SCC(=O)Nc2nc(-c3ccccc3)cs2)nnc1-c1ccc(O)cc1. The van der Waals surface area contributed by atoms with Crippen molar-refractivity contribution in [1.82, 2.24) is 19.7 Å². The van der Waals surface area contributed by atoms with Crippen LogP contribution >= 0.6 is 23.1 Å². The van der Waals surface area contributed by atoms with E-state index in [-0.39, 0.29) is 17.4 Å². The van der Waals surface area contributed by atoms with E-state index in [0.717, 1.165) is 16.8 Å². The zero-order valence-electron chi connectivity index (χ0n) is 15.4. The minimum absolute atomic E-state index is 0.154. The molecule has 0 fully saturated rings. The number of phenols is 1. The maximum atomic E-state index is 12.3. The molecule has 2 aromatic carbocycles. The van der Waals surface area contributed by atoms with Crippen LogP contribution < -0.4 is 5.32 Å².